The van der Waals surface area contributed by atoms with Gasteiger partial charge in [-0.3, -0.25) is 0 Å². The van der Waals surface area contributed by atoms with Crippen LogP contribution >= 0.6 is 0 Å². The van der Waals surface area contributed by atoms with Crippen molar-refractivity contribution < 1.29 is 19.8 Å². The molecule has 0 bridgehead atoms. The zero-order valence-electron chi connectivity index (χ0n) is 9.80. The first-order chi connectivity index (χ1) is 8.43. The first kappa shape index (κ1) is 13.6. The molecule has 1 rings (SSSR count). The maximum absolute atomic E-state index is 11.5. The number of benzene rings is 1. The number of carbonyl (C=O) groups excluding carboxylic acids is 1. The molecular weight excluding hydrogens is 236 g/mol. The molecule has 1 unspecified atom stereocenters. The van der Waals surface area contributed by atoms with Crippen LogP contribution in [0.2, 0.25) is 0 Å². The van der Waals surface area contributed by atoms with Crippen molar-refractivity contribution in [2.75, 3.05) is 5.32 Å². The van der Waals surface area contributed by atoms with Gasteiger partial charge in [-0.1, -0.05) is 6.08 Å². The van der Waals surface area contributed by atoms with Crippen LogP contribution in [0.4, 0.5) is 10.5 Å². The minimum absolute atomic E-state index is 0.106. The molecule has 0 aromatic heterocycles. The molecular formula is C12H14N2O4. The SMILES string of the molecule is C=CC(C)NC(=O)Nc1ccc(O)cc1C(=O)O. The second-order valence-corrected chi connectivity index (χ2v) is 3.66. The number of amides is 2. The molecule has 96 valence electrons. The molecule has 2 amide bonds. The molecule has 0 heterocycles. The lowest BCUT2D eigenvalue weighted by molar-refractivity contribution is 0.0697. The summed E-state index contributed by atoms with van der Waals surface area (Å²) >= 11 is 0. The fourth-order valence-corrected chi connectivity index (χ4v) is 1.24. The highest BCUT2D eigenvalue weighted by Gasteiger charge is 2.13. The van der Waals surface area contributed by atoms with Crippen molar-refractivity contribution in [1.29, 1.82) is 0 Å². The molecule has 0 aliphatic carbocycles. The largest absolute Gasteiger partial charge is 0.508 e. The van der Waals surface area contributed by atoms with Gasteiger partial charge < -0.3 is 20.8 Å². The summed E-state index contributed by atoms with van der Waals surface area (Å²) in [5.41, 5.74) is -0.0783. The fraction of sp³-hybridized carbons (Fsp3) is 0.167. The van der Waals surface area contributed by atoms with Crippen molar-refractivity contribution in [2.45, 2.75) is 13.0 Å². The summed E-state index contributed by atoms with van der Waals surface area (Å²) in [5, 5.41) is 23.1. The Morgan fingerprint density at radius 2 is 2.11 bits per heavy atom. The third kappa shape index (κ3) is 3.51. The Hall–Kier alpha value is -2.50. The second-order valence-electron chi connectivity index (χ2n) is 3.66. The van der Waals surface area contributed by atoms with Gasteiger partial charge in [-0.05, 0) is 25.1 Å². The zero-order chi connectivity index (χ0) is 13.7. The van der Waals surface area contributed by atoms with Gasteiger partial charge in [0.1, 0.15) is 5.75 Å². The lowest BCUT2D eigenvalue weighted by Gasteiger charge is -2.12. The van der Waals surface area contributed by atoms with E-state index in [0.29, 0.717) is 0 Å². The van der Waals surface area contributed by atoms with E-state index in [0.717, 1.165) is 6.07 Å². The van der Waals surface area contributed by atoms with E-state index in [1.807, 2.05) is 0 Å². The van der Waals surface area contributed by atoms with Gasteiger partial charge in [0.05, 0.1) is 11.3 Å². The van der Waals surface area contributed by atoms with E-state index < -0.39 is 12.0 Å². The van der Waals surface area contributed by atoms with E-state index in [1.165, 1.54) is 18.2 Å². The van der Waals surface area contributed by atoms with E-state index in [2.05, 4.69) is 17.2 Å². The van der Waals surface area contributed by atoms with Gasteiger partial charge in [0.15, 0.2) is 0 Å². The summed E-state index contributed by atoms with van der Waals surface area (Å²) in [5.74, 6) is -1.42. The second kappa shape index (κ2) is 5.72. The first-order valence-electron chi connectivity index (χ1n) is 5.20. The number of carboxylic acids is 1. The van der Waals surface area contributed by atoms with Crippen molar-refractivity contribution in [1.82, 2.24) is 5.32 Å². The molecule has 0 aliphatic heterocycles. The molecule has 0 fully saturated rings. The molecule has 18 heavy (non-hydrogen) atoms. The molecule has 4 N–H and O–H groups in total. The molecule has 0 saturated heterocycles. The molecule has 1 aromatic carbocycles. The highest BCUT2D eigenvalue weighted by atomic mass is 16.4. The van der Waals surface area contributed by atoms with Crippen LogP contribution in [0.5, 0.6) is 5.75 Å². The van der Waals surface area contributed by atoms with Gasteiger partial charge >= 0.3 is 12.0 Å². The third-order valence-corrected chi connectivity index (χ3v) is 2.19. The quantitative estimate of drug-likeness (QED) is 0.483. The van der Waals surface area contributed by atoms with E-state index in [1.54, 1.807) is 6.92 Å². The van der Waals surface area contributed by atoms with E-state index in [9.17, 15) is 14.7 Å². The molecule has 6 heteroatoms. The normalized spacial score (nSPS) is 11.4. The average molecular weight is 250 g/mol. The third-order valence-electron chi connectivity index (χ3n) is 2.19. The van der Waals surface area contributed by atoms with Crippen molar-refractivity contribution in [2.24, 2.45) is 0 Å². The topological polar surface area (TPSA) is 98.7 Å². The number of carboxylic acid groups (broad SMARTS) is 1. The minimum Gasteiger partial charge on any atom is -0.508 e. The Kier molecular flexibility index (Phi) is 4.31. The van der Waals surface area contributed by atoms with Crippen molar-refractivity contribution in [3.63, 3.8) is 0 Å². The van der Waals surface area contributed by atoms with Gasteiger partial charge in [-0.25, -0.2) is 9.59 Å². The number of nitrogens with one attached hydrogen (secondary N) is 2. The summed E-state index contributed by atoms with van der Waals surface area (Å²) in [4.78, 5) is 22.5. The zero-order valence-corrected chi connectivity index (χ0v) is 9.80. The Labute approximate surface area is 104 Å². The maximum Gasteiger partial charge on any atom is 0.337 e. The van der Waals surface area contributed by atoms with Gasteiger partial charge in [-0.2, -0.15) is 0 Å². The molecule has 1 atom stereocenters. The predicted molar refractivity (Wildman–Crippen MR) is 66.9 cm³/mol. The summed E-state index contributed by atoms with van der Waals surface area (Å²) in [6.07, 6.45) is 1.54. The standard InChI is InChI=1S/C12H14N2O4/c1-3-7(2)13-12(18)14-10-5-4-8(15)6-9(10)11(16)17/h3-7,15H,1H2,2H3,(H,16,17)(H2,13,14,18). The van der Waals surface area contributed by atoms with Crippen molar-refractivity contribution in [3.8, 4) is 5.75 Å². The monoisotopic (exact) mass is 250 g/mol. The maximum atomic E-state index is 11.5. The lowest BCUT2D eigenvalue weighted by atomic mass is 10.1. The molecule has 0 aliphatic rings. The number of anilines is 1. The van der Waals surface area contributed by atoms with Gasteiger partial charge in [-0.15, -0.1) is 6.58 Å². The van der Waals surface area contributed by atoms with Crippen LogP contribution in [0.25, 0.3) is 0 Å². The molecule has 0 spiro atoms. The average Bonchev–Trinajstić information content (AvgIpc) is 2.30. The van der Waals surface area contributed by atoms with Gasteiger partial charge in [0.2, 0.25) is 0 Å². The lowest BCUT2D eigenvalue weighted by Crippen LogP contribution is -2.35. The number of phenolic OH excluding ortho intramolecular Hbond substituents is 1. The number of aromatic hydroxyl groups is 1. The summed E-state index contributed by atoms with van der Waals surface area (Å²) < 4.78 is 0. The highest BCUT2D eigenvalue weighted by molar-refractivity contribution is 6.00. The summed E-state index contributed by atoms with van der Waals surface area (Å²) in [6.45, 7) is 5.23. The number of rotatable bonds is 4. The number of aromatic carboxylic acids is 1. The van der Waals surface area contributed by atoms with Crippen LogP contribution in [0.3, 0.4) is 0 Å². The Bertz CT molecular complexity index is 485. The Morgan fingerprint density at radius 3 is 2.67 bits per heavy atom. The smallest absolute Gasteiger partial charge is 0.337 e. The summed E-state index contributed by atoms with van der Waals surface area (Å²) in [7, 11) is 0. The summed E-state index contributed by atoms with van der Waals surface area (Å²) in [6, 6.07) is 2.89. The molecule has 1 aromatic rings. The number of hydrogen-bond donors (Lipinski definition) is 4. The van der Waals surface area contributed by atoms with Crippen molar-refractivity contribution >= 4 is 17.7 Å². The first-order valence-corrected chi connectivity index (χ1v) is 5.20. The van der Waals surface area contributed by atoms with Crippen LogP contribution in [0.15, 0.2) is 30.9 Å². The highest BCUT2D eigenvalue weighted by Crippen LogP contribution is 2.21. The van der Waals surface area contributed by atoms with Crippen LogP contribution in [0, 0.1) is 0 Å². The van der Waals surface area contributed by atoms with Crippen LogP contribution < -0.4 is 10.6 Å². The van der Waals surface area contributed by atoms with Crippen LogP contribution in [-0.4, -0.2) is 28.3 Å². The molecule has 6 nitrogen and oxygen atoms in total. The predicted octanol–water partition coefficient (Wildman–Crippen LogP) is 1.79. The van der Waals surface area contributed by atoms with Crippen molar-refractivity contribution in [3.05, 3.63) is 36.4 Å². The number of phenols is 1. The van der Waals surface area contributed by atoms with E-state index in [4.69, 9.17) is 5.11 Å². The van der Waals surface area contributed by atoms with E-state index >= 15 is 0 Å². The van der Waals surface area contributed by atoms with Gasteiger partial charge in [0.25, 0.3) is 0 Å². The number of carbonyl (C=O) groups is 2. The molecule has 0 radical (unpaired) electrons. The van der Waals surface area contributed by atoms with Crippen LogP contribution in [-0.2, 0) is 0 Å². The Balaban J connectivity index is 2.87. The number of hydrogen-bond acceptors (Lipinski definition) is 3. The molecule has 0 saturated carbocycles. The fourth-order valence-electron chi connectivity index (χ4n) is 1.24. The number of urea groups is 1. The van der Waals surface area contributed by atoms with Gasteiger partial charge in [0, 0.05) is 6.04 Å². The minimum atomic E-state index is -1.24. The van der Waals surface area contributed by atoms with Crippen LogP contribution in [0.1, 0.15) is 17.3 Å². The Morgan fingerprint density at radius 1 is 1.44 bits per heavy atom. The van der Waals surface area contributed by atoms with E-state index in [-0.39, 0.29) is 23.0 Å².